The molecule has 27 heavy (non-hydrogen) atoms. The molecule has 0 aromatic heterocycles. The highest BCUT2D eigenvalue weighted by Gasteiger charge is 2.42. The van der Waals surface area contributed by atoms with Crippen LogP contribution in [0.15, 0.2) is 41.3 Å². The molecule has 1 atom stereocenters. The number of anilines is 2. The number of benzene rings is 2. The highest BCUT2D eigenvalue weighted by Crippen LogP contribution is 2.38. The van der Waals surface area contributed by atoms with Crippen LogP contribution in [-0.2, 0) is 19.6 Å². The van der Waals surface area contributed by atoms with Crippen LogP contribution >= 0.6 is 11.6 Å². The Kier molecular flexibility index (Phi) is 4.88. The first-order valence-electron chi connectivity index (χ1n) is 8.06. The van der Waals surface area contributed by atoms with Crippen LogP contribution in [-0.4, -0.2) is 31.4 Å². The van der Waals surface area contributed by atoms with Gasteiger partial charge in [0.15, 0.2) is 0 Å². The highest BCUT2D eigenvalue weighted by atomic mass is 35.5. The quantitative estimate of drug-likeness (QED) is 0.809. The summed E-state index contributed by atoms with van der Waals surface area (Å²) in [5.74, 6) is -1.97. The molecule has 1 aliphatic rings. The lowest BCUT2D eigenvalue weighted by molar-refractivity contribution is -0.138. The molecular weight excluding hydrogens is 392 g/mol. The number of rotatable bonds is 4. The Morgan fingerprint density at radius 2 is 1.89 bits per heavy atom. The minimum atomic E-state index is -4.22. The Labute approximate surface area is 161 Å². The molecule has 0 unspecified atom stereocenters. The molecule has 1 aliphatic heterocycles. The zero-order chi connectivity index (χ0) is 19.9. The molecule has 7 nitrogen and oxygen atoms in total. The number of carboxylic acids is 1. The Morgan fingerprint density at radius 3 is 2.56 bits per heavy atom. The topological polar surface area (TPSA) is 104 Å². The lowest BCUT2D eigenvalue weighted by atomic mass is 10.1. The van der Waals surface area contributed by atoms with E-state index < -0.39 is 34.4 Å². The van der Waals surface area contributed by atoms with Crippen molar-refractivity contribution in [3.63, 3.8) is 0 Å². The number of fused-ring (bicyclic) bond motifs is 1. The number of aryl methyl sites for hydroxylation is 2. The van der Waals surface area contributed by atoms with Crippen LogP contribution in [0.2, 0.25) is 5.02 Å². The van der Waals surface area contributed by atoms with Crippen LogP contribution in [0.1, 0.15) is 17.5 Å². The number of halogens is 1. The average molecular weight is 409 g/mol. The Bertz CT molecular complexity index is 1050. The maximum absolute atomic E-state index is 13.5. The molecule has 0 fully saturated rings. The molecule has 0 bridgehead atoms. The van der Waals surface area contributed by atoms with E-state index >= 15 is 0 Å². The van der Waals surface area contributed by atoms with Gasteiger partial charge in [0, 0.05) is 5.02 Å². The summed E-state index contributed by atoms with van der Waals surface area (Å²) < 4.78 is 27.9. The second-order valence-electron chi connectivity index (χ2n) is 6.29. The van der Waals surface area contributed by atoms with Gasteiger partial charge in [0.2, 0.25) is 5.91 Å². The van der Waals surface area contributed by atoms with Gasteiger partial charge < -0.3 is 10.4 Å². The Hall–Kier alpha value is -2.58. The first-order valence-corrected chi connectivity index (χ1v) is 9.87. The third kappa shape index (κ3) is 3.38. The second kappa shape index (κ2) is 6.86. The number of hydrogen-bond acceptors (Lipinski definition) is 4. The van der Waals surface area contributed by atoms with Gasteiger partial charge in [-0.1, -0.05) is 23.7 Å². The molecule has 1 amide bonds. The number of carboxylic acid groups (broad SMARTS) is 1. The van der Waals surface area contributed by atoms with E-state index in [1.165, 1.54) is 18.2 Å². The van der Waals surface area contributed by atoms with Crippen LogP contribution in [0.4, 0.5) is 11.4 Å². The number of nitrogens with zero attached hydrogens (tertiary/aromatic N) is 1. The van der Waals surface area contributed by atoms with Crippen molar-refractivity contribution in [3.8, 4) is 0 Å². The van der Waals surface area contributed by atoms with Crippen molar-refractivity contribution in [2.75, 3.05) is 9.62 Å². The van der Waals surface area contributed by atoms with E-state index in [0.29, 0.717) is 21.8 Å². The third-order valence-electron chi connectivity index (χ3n) is 4.35. The number of sulfonamides is 1. The number of amides is 1. The van der Waals surface area contributed by atoms with Crippen molar-refractivity contribution in [3.05, 3.63) is 52.5 Å². The minimum absolute atomic E-state index is 0.0238. The summed E-state index contributed by atoms with van der Waals surface area (Å²) in [5, 5.41) is 12.2. The van der Waals surface area contributed by atoms with E-state index in [1.807, 2.05) is 0 Å². The van der Waals surface area contributed by atoms with E-state index in [1.54, 1.807) is 32.0 Å². The molecule has 9 heteroatoms. The molecule has 0 radical (unpaired) electrons. The zero-order valence-electron chi connectivity index (χ0n) is 14.6. The molecule has 0 spiro atoms. The third-order valence-corrected chi connectivity index (χ3v) is 6.72. The number of carbonyl (C=O) groups is 2. The van der Waals surface area contributed by atoms with Crippen LogP contribution in [0.25, 0.3) is 0 Å². The lowest BCUT2D eigenvalue weighted by Gasteiger charge is -2.36. The van der Waals surface area contributed by atoms with Crippen molar-refractivity contribution in [2.24, 2.45) is 0 Å². The summed E-state index contributed by atoms with van der Waals surface area (Å²) in [6.07, 6.45) is -0.662. The fourth-order valence-electron chi connectivity index (χ4n) is 3.04. The standard InChI is InChI=1S/C18H17ClN2O5S/c1-10-8-16(11(2)7-12(10)19)27(25,26)21-14-6-4-3-5-13(14)20-18(24)15(21)9-17(22)23/h3-8,15H,9H2,1-2H3,(H,20,24)(H,22,23)/t15-/m1/s1. The normalized spacial score (nSPS) is 16.6. The van der Waals surface area contributed by atoms with Crippen LogP contribution in [0, 0.1) is 13.8 Å². The lowest BCUT2D eigenvalue weighted by Crippen LogP contribution is -2.51. The largest absolute Gasteiger partial charge is 0.481 e. The molecular formula is C18H17ClN2O5S. The van der Waals surface area contributed by atoms with Gasteiger partial charge in [0.25, 0.3) is 10.0 Å². The number of carbonyl (C=O) groups excluding carboxylic acids is 1. The average Bonchev–Trinajstić information content (AvgIpc) is 2.58. The molecule has 2 aromatic carbocycles. The van der Waals surface area contributed by atoms with E-state index in [-0.39, 0.29) is 10.6 Å². The summed E-state index contributed by atoms with van der Waals surface area (Å²) in [6, 6.07) is 7.92. The van der Waals surface area contributed by atoms with Crippen molar-refractivity contribution >= 4 is 44.9 Å². The molecule has 0 saturated heterocycles. The summed E-state index contributed by atoms with van der Waals surface area (Å²) in [4.78, 5) is 23.7. The molecule has 142 valence electrons. The number of hydrogen-bond donors (Lipinski definition) is 2. The Morgan fingerprint density at radius 1 is 1.22 bits per heavy atom. The van der Waals surface area contributed by atoms with Crippen molar-refractivity contribution in [1.82, 2.24) is 0 Å². The molecule has 1 heterocycles. The molecule has 0 saturated carbocycles. The first-order chi connectivity index (χ1) is 12.6. The van der Waals surface area contributed by atoms with Crippen LogP contribution in [0.3, 0.4) is 0 Å². The molecule has 2 N–H and O–H groups in total. The van der Waals surface area contributed by atoms with Crippen molar-refractivity contribution in [1.29, 1.82) is 0 Å². The SMILES string of the molecule is Cc1cc(S(=O)(=O)N2c3ccccc3NC(=O)[C@H]2CC(=O)O)c(C)cc1Cl. The maximum atomic E-state index is 13.5. The fraction of sp³-hybridized carbons (Fsp3) is 0.222. The monoisotopic (exact) mass is 408 g/mol. The van der Waals surface area contributed by atoms with Gasteiger partial charge in [-0.2, -0.15) is 0 Å². The minimum Gasteiger partial charge on any atom is -0.481 e. The van der Waals surface area contributed by atoms with Gasteiger partial charge in [-0.05, 0) is 49.2 Å². The second-order valence-corrected chi connectivity index (χ2v) is 8.48. The van der Waals surface area contributed by atoms with Crippen LogP contribution < -0.4 is 9.62 Å². The highest BCUT2D eigenvalue weighted by molar-refractivity contribution is 7.93. The van der Waals surface area contributed by atoms with E-state index in [4.69, 9.17) is 11.6 Å². The number of aliphatic carboxylic acids is 1. The smallest absolute Gasteiger partial charge is 0.306 e. The van der Waals surface area contributed by atoms with E-state index in [9.17, 15) is 23.1 Å². The van der Waals surface area contributed by atoms with Gasteiger partial charge in [-0.25, -0.2) is 8.42 Å². The van der Waals surface area contributed by atoms with E-state index in [2.05, 4.69) is 5.32 Å². The van der Waals surface area contributed by atoms with Crippen molar-refractivity contribution < 1.29 is 23.1 Å². The van der Waals surface area contributed by atoms with Gasteiger partial charge in [0.1, 0.15) is 6.04 Å². The maximum Gasteiger partial charge on any atom is 0.306 e. The van der Waals surface area contributed by atoms with Gasteiger partial charge in [-0.3, -0.25) is 13.9 Å². The van der Waals surface area contributed by atoms with Gasteiger partial charge in [-0.15, -0.1) is 0 Å². The first kappa shape index (κ1) is 19.2. The number of para-hydroxylation sites is 2. The summed E-state index contributed by atoms with van der Waals surface area (Å²) >= 11 is 6.07. The summed E-state index contributed by atoms with van der Waals surface area (Å²) in [7, 11) is -4.22. The molecule has 0 aliphatic carbocycles. The fourth-order valence-corrected chi connectivity index (χ4v) is 5.18. The molecule has 3 rings (SSSR count). The van der Waals surface area contributed by atoms with Crippen molar-refractivity contribution in [2.45, 2.75) is 31.2 Å². The molecule has 2 aromatic rings. The van der Waals surface area contributed by atoms with Gasteiger partial charge in [0.05, 0.1) is 22.7 Å². The predicted molar refractivity (Wildman–Crippen MR) is 102 cm³/mol. The summed E-state index contributed by atoms with van der Waals surface area (Å²) in [5.41, 5.74) is 1.49. The predicted octanol–water partition coefficient (Wildman–Crippen LogP) is 2.95. The number of nitrogens with one attached hydrogen (secondary N) is 1. The van der Waals surface area contributed by atoms with E-state index in [0.717, 1.165) is 4.31 Å². The zero-order valence-corrected chi connectivity index (χ0v) is 16.1. The van der Waals surface area contributed by atoms with Gasteiger partial charge >= 0.3 is 5.97 Å². The van der Waals surface area contributed by atoms with Crippen LogP contribution in [0.5, 0.6) is 0 Å². The Balaban J connectivity index is 2.25. The summed E-state index contributed by atoms with van der Waals surface area (Å²) in [6.45, 7) is 3.27.